The van der Waals surface area contributed by atoms with Gasteiger partial charge in [0.05, 0.1) is 5.56 Å². The predicted molar refractivity (Wildman–Crippen MR) is 70.4 cm³/mol. The van der Waals surface area contributed by atoms with Crippen molar-refractivity contribution in [3.63, 3.8) is 0 Å². The first-order chi connectivity index (χ1) is 7.69. The van der Waals surface area contributed by atoms with Crippen LogP contribution in [0.15, 0.2) is 10.8 Å². The topological polar surface area (TPSA) is 49.3 Å². The quantitative estimate of drug-likeness (QED) is 0.820. The van der Waals surface area contributed by atoms with E-state index < -0.39 is 0 Å². The molecule has 1 rings (SSSR count). The molecule has 0 aliphatic rings. The Bertz CT molecular complexity index is 332. The number of thiophene rings is 1. The van der Waals surface area contributed by atoms with Crippen LogP contribution in [0.3, 0.4) is 0 Å². The molecule has 0 aliphatic carbocycles. The highest BCUT2D eigenvalue weighted by atomic mass is 32.2. The van der Waals surface area contributed by atoms with Gasteiger partial charge in [0.2, 0.25) is 0 Å². The fourth-order valence-electron chi connectivity index (χ4n) is 1.41. The monoisotopic (exact) mass is 259 g/mol. The first-order valence-electron chi connectivity index (χ1n) is 5.12. The predicted octanol–water partition coefficient (Wildman–Crippen LogP) is 1.90. The molecule has 0 spiro atoms. The lowest BCUT2D eigenvalue weighted by atomic mass is 10.2. The maximum Gasteiger partial charge on any atom is 0.252 e. The molecule has 16 heavy (non-hydrogen) atoms. The summed E-state index contributed by atoms with van der Waals surface area (Å²) < 4.78 is 0. The number of aliphatic hydroxyl groups is 1. The van der Waals surface area contributed by atoms with E-state index in [1.807, 2.05) is 23.9 Å². The minimum Gasteiger partial charge on any atom is -0.396 e. The number of hydrogen-bond acceptors (Lipinski definition) is 4. The number of nitrogens with one attached hydrogen (secondary N) is 1. The summed E-state index contributed by atoms with van der Waals surface area (Å²) in [5, 5.41) is 15.7. The normalized spacial score (nSPS) is 12.4. The van der Waals surface area contributed by atoms with Gasteiger partial charge >= 0.3 is 0 Å². The number of rotatable bonds is 6. The Balaban J connectivity index is 2.58. The van der Waals surface area contributed by atoms with Crippen LogP contribution in [0, 0.1) is 6.92 Å². The Labute approximate surface area is 104 Å². The molecule has 0 aliphatic heterocycles. The van der Waals surface area contributed by atoms with Gasteiger partial charge in [0.1, 0.15) is 0 Å². The maximum absolute atomic E-state index is 11.9. The average molecular weight is 259 g/mol. The van der Waals surface area contributed by atoms with Crippen LogP contribution >= 0.6 is 23.1 Å². The summed E-state index contributed by atoms with van der Waals surface area (Å²) in [4.78, 5) is 11.9. The highest BCUT2D eigenvalue weighted by molar-refractivity contribution is 7.98. The molecule has 0 saturated heterocycles. The van der Waals surface area contributed by atoms with Crippen molar-refractivity contribution in [3.05, 3.63) is 21.9 Å². The lowest BCUT2D eigenvalue weighted by Crippen LogP contribution is -2.37. The fraction of sp³-hybridized carbons (Fsp3) is 0.545. The van der Waals surface area contributed by atoms with Gasteiger partial charge in [-0.05, 0) is 30.5 Å². The standard InChI is InChI=1S/C11H17NO2S2/c1-8-5-16-7-10(8)11(14)12-9(3-4-13)6-15-2/h5,7,9,13H,3-4,6H2,1-2H3,(H,12,14)/t9-/m0/s1. The van der Waals surface area contributed by atoms with E-state index >= 15 is 0 Å². The van der Waals surface area contributed by atoms with E-state index in [1.165, 1.54) is 11.3 Å². The molecule has 90 valence electrons. The van der Waals surface area contributed by atoms with Gasteiger partial charge in [0.25, 0.3) is 5.91 Å². The first-order valence-corrected chi connectivity index (χ1v) is 7.46. The molecule has 5 heteroatoms. The number of carbonyl (C=O) groups excluding carboxylic acids is 1. The molecule has 1 atom stereocenters. The number of thioether (sulfide) groups is 1. The van der Waals surface area contributed by atoms with Gasteiger partial charge in [-0.1, -0.05) is 0 Å². The van der Waals surface area contributed by atoms with Crippen LogP contribution < -0.4 is 5.32 Å². The van der Waals surface area contributed by atoms with Crippen LogP contribution in [0.2, 0.25) is 0 Å². The second kappa shape index (κ2) is 6.93. The molecule has 3 nitrogen and oxygen atoms in total. The van der Waals surface area contributed by atoms with Crippen molar-refractivity contribution in [1.29, 1.82) is 0 Å². The molecular weight excluding hydrogens is 242 g/mol. The van der Waals surface area contributed by atoms with Gasteiger partial charge in [0.15, 0.2) is 0 Å². The number of hydrogen-bond donors (Lipinski definition) is 2. The number of aliphatic hydroxyl groups excluding tert-OH is 1. The summed E-state index contributed by atoms with van der Waals surface area (Å²) >= 11 is 3.20. The first kappa shape index (κ1) is 13.5. The third kappa shape index (κ3) is 3.81. The SMILES string of the molecule is CSC[C@H](CCO)NC(=O)c1cscc1C. The number of carbonyl (C=O) groups is 1. The van der Waals surface area contributed by atoms with Gasteiger partial charge in [-0.2, -0.15) is 23.1 Å². The Morgan fingerprint density at radius 3 is 2.88 bits per heavy atom. The van der Waals surface area contributed by atoms with E-state index in [0.717, 1.165) is 16.9 Å². The molecule has 0 unspecified atom stereocenters. The van der Waals surface area contributed by atoms with Crippen LogP contribution in [-0.4, -0.2) is 35.7 Å². The smallest absolute Gasteiger partial charge is 0.252 e. The summed E-state index contributed by atoms with van der Waals surface area (Å²) in [7, 11) is 0. The summed E-state index contributed by atoms with van der Waals surface area (Å²) in [5.74, 6) is 0.793. The molecule has 0 saturated carbocycles. The van der Waals surface area contributed by atoms with E-state index in [-0.39, 0.29) is 18.6 Å². The molecule has 0 radical (unpaired) electrons. The molecule has 1 amide bonds. The molecule has 2 N–H and O–H groups in total. The van der Waals surface area contributed by atoms with Crippen LogP contribution in [0.25, 0.3) is 0 Å². The zero-order valence-corrected chi connectivity index (χ0v) is 11.2. The number of amides is 1. The summed E-state index contributed by atoms with van der Waals surface area (Å²) in [5.41, 5.74) is 1.75. The van der Waals surface area contributed by atoms with E-state index in [1.54, 1.807) is 11.8 Å². The zero-order chi connectivity index (χ0) is 12.0. The van der Waals surface area contributed by atoms with Crippen molar-refractivity contribution in [2.75, 3.05) is 18.6 Å². The molecule has 1 aromatic rings. The summed E-state index contributed by atoms with van der Waals surface area (Å²) in [6.45, 7) is 2.04. The van der Waals surface area contributed by atoms with E-state index in [9.17, 15) is 4.79 Å². The van der Waals surface area contributed by atoms with Crippen LogP contribution in [0.5, 0.6) is 0 Å². The van der Waals surface area contributed by atoms with E-state index in [4.69, 9.17) is 5.11 Å². The lowest BCUT2D eigenvalue weighted by Gasteiger charge is -2.16. The van der Waals surface area contributed by atoms with Crippen molar-refractivity contribution < 1.29 is 9.90 Å². The molecule has 1 aromatic heterocycles. The van der Waals surface area contributed by atoms with Crippen molar-refractivity contribution in [1.82, 2.24) is 5.32 Å². The highest BCUT2D eigenvalue weighted by Gasteiger charge is 2.14. The van der Waals surface area contributed by atoms with E-state index in [2.05, 4.69) is 5.32 Å². The molecular formula is C11H17NO2S2. The third-order valence-electron chi connectivity index (χ3n) is 2.28. The molecule has 0 fully saturated rings. The minimum absolute atomic E-state index is 0.0359. The Kier molecular flexibility index (Phi) is 5.87. The van der Waals surface area contributed by atoms with Gasteiger partial charge in [-0.25, -0.2) is 0 Å². The van der Waals surface area contributed by atoms with Crippen molar-refractivity contribution in [2.45, 2.75) is 19.4 Å². The van der Waals surface area contributed by atoms with Crippen LogP contribution in [0.4, 0.5) is 0 Å². The van der Waals surface area contributed by atoms with Crippen molar-refractivity contribution in [2.24, 2.45) is 0 Å². The highest BCUT2D eigenvalue weighted by Crippen LogP contribution is 2.14. The second-order valence-electron chi connectivity index (χ2n) is 3.61. The third-order valence-corrected chi connectivity index (χ3v) is 3.88. The van der Waals surface area contributed by atoms with Crippen molar-refractivity contribution >= 4 is 29.0 Å². The Hall–Kier alpha value is -0.520. The molecule has 0 aromatic carbocycles. The zero-order valence-electron chi connectivity index (χ0n) is 9.53. The molecule has 0 bridgehead atoms. The lowest BCUT2D eigenvalue weighted by molar-refractivity contribution is 0.0935. The maximum atomic E-state index is 11.9. The van der Waals surface area contributed by atoms with Crippen LogP contribution in [-0.2, 0) is 0 Å². The van der Waals surface area contributed by atoms with Crippen LogP contribution in [0.1, 0.15) is 22.3 Å². The fourth-order valence-corrected chi connectivity index (χ4v) is 2.89. The van der Waals surface area contributed by atoms with Gasteiger partial charge in [0, 0.05) is 23.8 Å². The number of aryl methyl sites for hydroxylation is 1. The molecule has 1 heterocycles. The van der Waals surface area contributed by atoms with Crippen molar-refractivity contribution in [3.8, 4) is 0 Å². The van der Waals surface area contributed by atoms with E-state index in [0.29, 0.717) is 6.42 Å². The Morgan fingerprint density at radius 2 is 2.38 bits per heavy atom. The average Bonchev–Trinajstić information content (AvgIpc) is 2.65. The van der Waals surface area contributed by atoms with Gasteiger partial charge < -0.3 is 10.4 Å². The minimum atomic E-state index is -0.0359. The second-order valence-corrected chi connectivity index (χ2v) is 5.26. The summed E-state index contributed by atoms with van der Waals surface area (Å²) in [6, 6.07) is 0.0480. The van der Waals surface area contributed by atoms with Gasteiger partial charge in [-0.15, -0.1) is 0 Å². The van der Waals surface area contributed by atoms with Gasteiger partial charge in [-0.3, -0.25) is 4.79 Å². The Morgan fingerprint density at radius 1 is 1.62 bits per heavy atom. The largest absolute Gasteiger partial charge is 0.396 e. The summed E-state index contributed by atoms with van der Waals surface area (Å²) in [6.07, 6.45) is 2.60.